The number of aromatic nitrogens is 1. The largest absolute Gasteiger partial charge is 0.375 e. The maximum atomic E-state index is 11.6. The number of halogens is 2. The summed E-state index contributed by atoms with van der Waals surface area (Å²) < 4.78 is 5.46. The smallest absolute Gasteiger partial charge is 0.222 e. The van der Waals surface area contributed by atoms with Crippen LogP contribution in [0.1, 0.15) is 12.1 Å². The number of rotatable bonds is 4. The molecule has 1 fully saturated rings. The number of nitrogens with one attached hydrogen (secondary N) is 2. The molecule has 0 spiro atoms. The normalized spacial score (nSPS) is 17.8. The third-order valence-electron chi connectivity index (χ3n) is 2.61. The lowest BCUT2D eigenvalue weighted by Gasteiger charge is -2.22. The summed E-state index contributed by atoms with van der Waals surface area (Å²) in [7, 11) is 0. The summed E-state index contributed by atoms with van der Waals surface area (Å²) in [5.41, 5.74) is 0.864. The molecule has 0 radical (unpaired) electrons. The zero-order valence-electron chi connectivity index (χ0n) is 10.5. The van der Waals surface area contributed by atoms with Crippen molar-refractivity contribution in [3.63, 3.8) is 0 Å². The first-order valence-corrected chi connectivity index (χ1v) is 5.83. The summed E-state index contributed by atoms with van der Waals surface area (Å²) in [5.74, 6) is 0.00403. The number of nitrogens with zero attached hydrogens (tertiary/aromatic N) is 1. The van der Waals surface area contributed by atoms with Crippen LogP contribution in [-0.4, -0.2) is 36.7 Å². The topological polar surface area (TPSA) is 63.2 Å². The molecule has 5 nitrogen and oxygen atoms in total. The van der Waals surface area contributed by atoms with Gasteiger partial charge in [0.25, 0.3) is 0 Å². The van der Waals surface area contributed by atoms with E-state index in [1.165, 1.54) is 0 Å². The van der Waals surface area contributed by atoms with Crippen molar-refractivity contribution in [1.82, 2.24) is 15.6 Å². The average Bonchev–Trinajstić information content (AvgIpc) is 2.39. The highest BCUT2D eigenvalue weighted by atomic mass is 35.5. The number of carbonyl (C=O) groups excluding carboxylic acids is 1. The predicted molar refractivity (Wildman–Crippen MR) is 77.8 cm³/mol. The van der Waals surface area contributed by atoms with Crippen LogP contribution in [0.2, 0.25) is 0 Å². The fraction of sp³-hybridized carbons (Fsp3) is 0.500. The minimum atomic E-state index is -0.00696. The lowest BCUT2D eigenvalue weighted by Crippen LogP contribution is -2.41. The number of hydrogen-bond acceptors (Lipinski definition) is 4. The minimum absolute atomic E-state index is 0. The molecule has 1 aromatic heterocycles. The first kappa shape index (κ1) is 18.1. The van der Waals surface area contributed by atoms with Crippen molar-refractivity contribution >= 4 is 30.7 Å². The van der Waals surface area contributed by atoms with E-state index in [1.807, 2.05) is 18.2 Å². The molecule has 0 saturated carbocycles. The highest BCUT2D eigenvalue weighted by Crippen LogP contribution is 2.01. The van der Waals surface area contributed by atoms with Gasteiger partial charge in [-0.25, -0.2) is 0 Å². The molecule has 108 valence electrons. The molecule has 1 aliphatic heterocycles. The Kier molecular flexibility index (Phi) is 9.51. The lowest BCUT2D eigenvalue weighted by molar-refractivity contribution is -0.124. The summed E-state index contributed by atoms with van der Waals surface area (Å²) in [6.45, 7) is 2.76. The zero-order chi connectivity index (χ0) is 11.9. The van der Waals surface area contributed by atoms with Crippen molar-refractivity contribution in [2.24, 2.45) is 0 Å². The Morgan fingerprint density at radius 1 is 1.47 bits per heavy atom. The monoisotopic (exact) mass is 307 g/mol. The van der Waals surface area contributed by atoms with E-state index in [2.05, 4.69) is 15.6 Å². The Morgan fingerprint density at radius 2 is 2.32 bits per heavy atom. The number of amides is 1. The minimum Gasteiger partial charge on any atom is -0.375 e. The summed E-state index contributed by atoms with van der Waals surface area (Å²) in [5, 5.41) is 6.03. The average molecular weight is 308 g/mol. The molecule has 1 aromatic rings. The lowest BCUT2D eigenvalue weighted by atomic mass is 10.2. The van der Waals surface area contributed by atoms with E-state index in [9.17, 15) is 4.79 Å². The van der Waals surface area contributed by atoms with Crippen molar-refractivity contribution in [2.75, 3.05) is 19.7 Å². The molecule has 1 unspecified atom stereocenters. The van der Waals surface area contributed by atoms with Gasteiger partial charge in [-0.1, -0.05) is 6.07 Å². The van der Waals surface area contributed by atoms with Gasteiger partial charge in [0.1, 0.15) is 0 Å². The number of hydrogen-bond donors (Lipinski definition) is 2. The van der Waals surface area contributed by atoms with Crippen LogP contribution in [0.5, 0.6) is 0 Å². The fourth-order valence-electron chi connectivity index (χ4n) is 1.72. The molecule has 2 rings (SSSR count). The zero-order valence-corrected chi connectivity index (χ0v) is 12.1. The van der Waals surface area contributed by atoms with E-state index in [0.29, 0.717) is 19.6 Å². The van der Waals surface area contributed by atoms with Gasteiger partial charge in [-0.2, -0.15) is 0 Å². The maximum Gasteiger partial charge on any atom is 0.222 e. The van der Waals surface area contributed by atoms with Gasteiger partial charge in [0.05, 0.1) is 31.4 Å². The third kappa shape index (κ3) is 6.73. The number of morpholine rings is 1. The van der Waals surface area contributed by atoms with E-state index in [1.54, 1.807) is 6.20 Å². The quantitative estimate of drug-likeness (QED) is 0.868. The second-order valence-corrected chi connectivity index (χ2v) is 4.00. The second-order valence-electron chi connectivity index (χ2n) is 4.00. The molecule has 19 heavy (non-hydrogen) atoms. The van der Waals surface area contributed by atoms with Gasteiger partial charge >= 0.3 is 0 Å². The Bertz CT molecular complexity index is 359. The SMILES string of the molecule is Cl.Cl.O=C(CC1CNCCO1)NCc1ccccn1. The Balaban J connectivity index is 0.00000162. The van der Waals surface area contributed by atoms with Crippen molar-refractivity contribution in [2.45, 2.75) is 19.1 Å². The van der Waals surface area contributed by atoms with Crippen LogP contribution in [0.15, 0.2) is 24.4 Å². The van der Waals surface area contributed by atoms with Crippen molar-refractivity contribution < 1.29 is 9.53 Å². The predicted octanol–water partition coefficient (Wildman–Crippen LogP) is 0.920. The first-order valence-electron chi connectivity index (χ1n) is 5.83. The Hall–Kier alpha value is -0.880. The van der Waals surface area contributed by atoms with Gasteiger partial charge in [-0.05, 0) is 12.1 Å². The molecule has 1 saturated heterocycles. The van der Waals surface area contributed by atoms with Gasteiger partial charge in [0.2, 0.25) is 5.91 Å². The number of pyridine rings is 1. The van der Waals surface area contributed by atoms with Crippen LogP contribution in [0.4, 0.5) is 0 Å². The molecule has 7 heteroatoms. The maximum absolute atomic E-state index is 11.6. The molecule has 0 aromatic carbocycles. The fourth-order valence-corrected chi connectivity index (χ4v) is 1.72. The van der Waals surface area contributed by atoms with E-state index < -0.39 is 0 Å². The number of carbonyl (C=O) groups is 1. The Morgan fingerprint density at radius 3 is 2.95 bits per heavy atom. The van der Waals surface area contributed by atoms with E-state index in [0.717, 1.165) is 18.8 Å². The molecule has 1 atom stereocenters. The van der Waals surface area contributed by atoms with E-state index in [4.69, 9.17) is 4.74 Å². The summed E-state index contributed by atoms with van der Waals surface area (Å²) >= 11 is 0. The number of ether oxygens (including phenoxy) is 1. The molecule has 0 aliphatic carbocycles. The molecular formula is C12H19Cl2N3O2. The van der Waals surface area contributed by atoms with Crippen LogP contribution < -0.4 is 10.6 Å². The van der Waals surface area contributed by atoms with Crippen LogP contribution in [0.25, 0.3) is 0 Å². The van der Waals surface area contributed by atoms with Crippen molar-refractivity contribution in [3.8, 4) is 0 Å². The summed E-state index contributed by atoms with van der Waals surface area (Å²) in [6.07, 6.45) is 2.11. The summed E-state index contributed by atoms with van der Waals surface area (Å²) in [4.78, 5) is 15.8. The van der Waals surface area contributed by atoms with Crippen LogP contribution in [0, 0.1) is 0 Å². The highest BCUT2D eigenvalue weighted by Gasteiger charge is 2.16. The standard InChI is InChI=1S/C12H17N3O2.2ClH/c16-12(7-11-9-13-5-6-17-11)15-8-10-3-1-2-4-14-10;;/h1-4,11,13H,5-9H2,(H,15,16);2*1H. The Labute approximate surface area is 125 Å². The van der Waals surface area contributed by atoms with E-state index in [-0.39, 0.29) is 36.8 Å². The molecule has 1 amide bonds. The first-order chi connectivity index (χ1) is 8.34. The van der Waals surface area contributed by atoms with Crippen LogP contribution in [0.3, 0.4) is 0 Å². The second kappa shape index (κ2) is 9.97. The van der Waals surface area contributed by atoms with Crippen LogP contribution >= 0.6 is 24.8 Å². The highest BCUT2D eigenvalue weighted by molar-refractivity contribution is 5.85. The molecule has 2 N–H and O–H groups in total. The van der Waals surface area contributed by atoms with Gasteiger partial charge in [-0.15, -0.1) is 24.8 Å². The van der Waals surface area contributed by atoms with Gasteiger partial charge < -0.3 is 15.4 Å². The van der Waals surface area contributed by atoms with Crippen LogP contribution in [-0.2, 0) is 16.1 Å². The van der Waals surface area contributed by atoms with Crippen molar-refractivity contribution in [1.29, 1.82) is 0 Å². The van der Waals surface area contributed by atoms with E-state index >= 15 is 0 Å². The van der Waals surface area contributed by atoms with Gasteiger partial charge in [0.15, 0.2) is 0 Å². The molecule has 1 aliphatic rings. The van der Waals surface area contributed by atoms with Gasteiger partial charge in [-0.3, -0.25) is 9.78 Å². The molecule has 2 heterocycles. The molecule has 0 bridgehead atoms. The van der Waals surface area contributed by atoms with Gasteiger partial charge in [0, 0.05) is 19.3 Å². The molecular weight excluding hydrogens is 289 g/mol. The third-order valence-corrected chi connectivity index (χ3v) is 2.61. The summed E-state index contributed by atoms with van der Waals surface area (Å²) in [6, 6.07) is 5.65. The van der Waals surface area contributed by atoms with Crippen molar-refractivity contribution in [3.05, 3.63) is 30.1 Å².